The van der Waals surface area contributed by atoms with Crippen LogP contribution in [0.15, 0.2) is 24.3 Å². The summed E-state index contributed by atoms with van der Waals surface area (Å²) in [6.45, 7) is 15.5. The number of rotatable bonds is 20. The smallest absolute Gasteiger partial charge is 0.251 e. The van der Waals surface area contributed by atoms with Gasteiger partial charge in [-0.3, -0.25) is 24.0 Å². The highest BCUT2D eigenvalue weighted by Gasteiger charge is 2.32. The third kappa shape index (κ3) is 15.6. The van der Waals surface area contributed by atoms with E-state index >= 15 is 0 Å². The number of methoxy groups -OCH3 is 1. The Morgan fingerprint density at radius 3 is 1.83 bits per heavy atom. The molecule has 0 saturated heterocycles. The van der Waals surface area contributed by atoms with E-state index in [-0.39, 0.29) is 37.5 Å². The van der Waals surface area contributed by atoms with E-state index in [9.17, 15) is 29.1 Å². The number of ether oxygens (including phenoxy) is 1. The second-order valence-electron chi connectivity index (χ2n) is 12.9. The van der Waals surface area contributed by atoms with Crippen LogP contribution in [0.25, 0.3) is 0 Å². The Labute approximate surface area is 281 Å². The van der Waals surface area contributed by atoms with Crippen LogP contribution in [-0.4, -0.2) is 78.6 Å². The largest absolute Gasteiger partial charge is 0.497 e. The van der Waals surface area contributed by atoms with Gasteiger partial charge in [-0.2, -0.15) is 0 Å². The molecule has 47 heavy (non-hydrogen) atoms. The van der Waals surface area contributed by atoms with E-state index < -0.39 is 53.9 Å². The molecule has 268 valence electrons. The minimum absolute atomic E-state index is 0. The molecule has 0 aliphatic rings. The molecule has 0 radical (unpaired) electrons. The average molecular weight is 664 g/mol. The van der Waals surface area contributed by atoms with E-state index in [1.54, 1.807) is 31.2 Å². The van der Waals surface area contributed by atoms with E-state index in [0.717, 1.165) is 0 Å². The first-order valence-electron chi connectivity index (χ1n) is 16.4. The van der Waals surface area contributed by atoms with Gasteiger partial charge in [0, 0.05) is 12.1 Å². The van der Waals surface area contributed by atoms with Crippen molar-refractivity contribution in [1.82, 2.24) is 26.6 Å². The highest BCUT2D eigenvalue weighted by molar-refractivity contribution is 5.98. The molecule has 5 atom stereocenters. The molecule has 0 fully saturated rings. The summed E-state index contributed by atoms with van der Waals surface area (Å²) in [5.74, 6) is -1.65. The van der Waals surface area contributed by atoms with Gasteiger partial charge in [-0.1, -0.05) is 62.3 Å². The predicted molar refractivity (Wildman–Crippen MR) is 185 cm³/mol. The molecule has 0 unspecified atom stereocenters. The molecule has 0 bridgehead atoms. The lowest BCUT2D eigenvalue weighted by molar-refractivity contribution is -0.132. The fourth-order valence-corrected chi connectivity index (χ4v) is 5.00. The van der Waals surface area contributed by atoms with Crippen molar-refractivity contribution in [3.05, 3.63) is 29.8 Å². The average Bonchev–Trinajstić information content (AvgIpc) is 2.98. The molecule has 0 aliphatic heterocycles. The molecule has 6 N–H and O–H groups in total. The van der Waals surface area contributed by atoms with Crippen LogP contribution >= 0.6 is 0 Å². The van der Waals surface area contributed by atoms with Crippen molar-refractivity contribution in [2.75, 3.05) is 13.7 Å². The maximum Gasteiger partial charge on any atom is 0.251 e. The Balaban J connectivity index is 0.0000212. The summed E-state index contributed by atoms with van der Waals surface area (Å²) >= 11 is 0. The number of carbonyl (C=O) groups is 5. The molecular formula is C35H61N5O7. The molecule has 12 nitrogen and oxygen atoms in total. The van der Waals surface area contributed by atoms with E-state index in [1.165, 1.54) is 7.11 Å². The maximum atomic E-state index is 13.5. The minimum Gasteiger partial charge on any atom is -0.497 e. The zero-order valence-electron chi connectivity index (χ0n) is 29.1. The van der Waals surface area contributed by atoms with E-state index in [0.29, 0.717) is 43.5 Å². The highest BCUT2D eigenvalue weighted by Crippen LogP contribution is 2.15. The molecule has 0 saturated carbocycles. The van der Waals surface area contributed by atoms with Crippen molar-refractivity contribution in [3.63, 3.8) is 0 Å². The standard InChI is InChI=1S/C34H57N5O7.CH4/c1-10-12-25(36-33(44)27(18-21(5)6)38-31(42)23-13-15-24(46-9)16-14-23)32(43)37-26(17-20(3)4)28(40)19-29(41)39-30(22(7)8)34(45)35-11-2;/h13-16,20-22,25-28,30,40H,10-12,17-19H2,1-9H3,(H,35,45)(H,36,44)(H,37,43)(H,38,42)(H,39,41);1H4/t25-,26-,27-,28-,30-;/m0./s1. The molecule has 0 heterocycles. The fraction of sp³-hybridized carbons (Fsp3) is 0.686. The summed E-state index contributed by atoms with van der Waals surface area (Å²) in [5, 5.41) is 24.9. The van der Waals surface area contributed by atoms with Crippen LogP contribution in [0.4, 0.5) is 0 Å². The lowest BCUT2D eigenvalue weighted by Crippen LogP contribution is -2.57. The van der Waals surface area contributed by atoms with E-state index in [4.69, 9.17) is 4.74 Å². The van der Waals surface area contributed by atoms with Gasteiger partial charge in [0.15, 0.2) is 0 Å². The van der Waals surface area contributed by atoms with Gasteiger partial charge < -0.3 is 36.4 Å². The summed E-state index contributed by atoms with van der Waals surface area (Å²) in [4.78, 5) is 65.3. The lowest BCUT2D eigenvalue weighted by Gasteiger charge is -2.29. The molecule has 1 aromatic rings. The van der Waals surface area contributed by atoms with Crippen molar-refractivity contribution in [3.8, 4) is 5.75 Å². The summed E-state index contributed by atoms with van der Waals surface area (Å²) in [6, 6.07) is 3.18. The van der Waals surface area contributed by atoms with E-state index in [1.807, 2.05) is 48.5 Å². The topological polar surface area (TPSA) is 175 Å². The molecule has 5 amide bonds. The van der Waals surface area contributed by atoms with Gasteiger partial charge in [0.25, 0.3) is 5.91 Å². The number of likely N-dealkylation sites (N-methyl/N-ethyl adjacent to an activating group) is 1. The lowest BCUT2D eigenvalue weighted by atomic mass is 9.95. The second kappa shape index (κ2) is 22.0. The molecule has 1 aromatic carbocycles. The normalized spacial score (nSPS) is 14.2. The van der Waals surface area contributed by atoms with Gasteiger partial charge in [-0.15, -0.1) is 0 Å². The molecule has 1 rings (SSSR count). The summed E-state index contributed by atoms with van der Waals surface area (Å²) in [7, 11) is 1.53. The molecular weight excluding hydrogens is 602 g/mol. The number of hydrogen-bond donors (Lipinski definition) is 6. The molecule has 0 spiro atoms. The van der Waals surface area contributed by atoms with Crippen molar-refractivity contribution >= 4 is 29.5 Å². The molecule has 12 heteroatoms. The van der Waals surface area contributed by atoms with Crippen molar-refractivity contribution in [2.24, 2.45) is 17.8 Å². The fourth-order valence-electron chi connectivity index (χ4n) is 5.00. The van der Waals surface area contributed by atoms with Crippen molar-refractivity contribution in [2.45, 2.75) is 125 Å². The van der Waals surface area contributed by atoms with Crippen LogP contribution in [0.2, 0.25) is 0 Å². The first-order valence-corrected chi connectivity index (χ1v) is 16.4. The Hall–Kier alpha value is -3.67. The van der Waals surface area contributed by atoms with Gasteiger partial charge >= 0.3 is 0 Å². The zero-order valence-corrected chi connectivity index (χ0v) is 29.1. The van der Waals surface area contributed by atoms with Crippen LogP contribution in [0.5, 0.6) is 5.75 Å². The predicted octanol–water partition coefficient (Wildman–Crippen LogP) is 3.32. The summed E-state index contributed by atoms with van der Waals surface area (Å²) in [6.07, 6.45) is 0.0899. The van der Waals surface area contributed by atoms with Crippen LogP contribution in [0.3, 0.4) is 0 Å². The number of aliphatic hydroxyl groups excluding tert-OH is 1. The number of benzene rings is 1. The SMILES string of the molecule is C.CCC[C@H](NC(=O)[C@H](CC(C)C)NC(=O)c1ccc(OC)cc1)C(=O)N[C@@H](CC(C)C)[C@@H](O)CC(=O)N[C@H](C(=O)NCC)C(C)C. The van der Waals surface area contributed by atoms with Gasteiger partial charge in [-0.25, -0.2) is 0 Å². The number of carbonyl (C=O) groups excluding carboxylic acids is 5. The van der Waals surface area contributed by atoms with Crippen LogP contribution < -0.4 is 31.3 Å². The minimum atomic E-state index is -1.23. The third-order valence-corrected chi connectivity index (χ3v) is 7.42. The number of amides is 5. The monoisotopic (exact) mass is 663 g/mol. The van der Waals surface area contributed by atoms with Gasteiger partial charge in [0.1, 0.15) is 23.9 Å². The summed E-state index contributed by atoms with van der Waals surface area (Å²) < 4.78 is 5.15. The van der Waals surface area contributed by atoms with Gasteiger partial charge in [0.05, 0.1) is 25.7 Å². The number of hydrogen-bond acceptors (Lipinski definition) is 7. The van der Waals surface area contributed by atoms with Gasteiger partial charge in [-0.05, 0) is 68.2 Å². The van der Waals surface area contributed by atoms with Crippen molar-refractivity contribution < 1.29 is 33.8 Å². The Bertz CT molecular complexity index is 1120. The first-order chi connectivity index (χ1) is 21.6. The first kappa shape index (κ1) is 43.3. The number of nitrogens with one attached hydrogen (secondary N) is 5. The van der Waals surface area contributed by atoms with E-state index in [2.05, 4.69) is 26.6 Å². The zero-order chi connectivity index (χ0) is 35.0. The van der Waals surface area contributed by atoms with Gasteiger partial charge in [0.2, 0.25) is 23.6 Å². The quantitative estimate of drug-likeness (QED) is 0.124. The summed E-state index contributed by atoms with van der Waals surface area (Å²) in [5.41, 5.74) is 0.366. The van der Waals surface area contributed by atoms with Crippen LogP contribution in [0.1, 0.15) is 105 Å². The second-order valence-corrected chi connectivity index (χ2v) is 12.9. The third-order valence-electron chi connectivity index (χ3n) is 7.42. The maximum absolute atomic E-state index is 13.5. The Morgan fingerprint density at radius 1 is 0.766 bits per heavy atom. The molecule has 0 aliphatic carbocycles. The van der Waals surface area contributed by atoms with Crippen LogP contribution in [-0.2, 0) is 19.2 Å². The van der Waals surface area contributed by atoms with Crippen molar-refractivity contribution in [1.29, 1.82) is 0 Å². The Kier molecular flexibility index (Phi) is 20.3. The highest BCUT2D eigenvalue weighted by atomic mass is 16.5. The molecule has 0 aromatic heterocycles. The Morgan fingerprint density at radius 2 is 1.34 bits per heavy atom. The van der Waals surface area contributed by atoms with Crippen LogP contribution in [0, 0.1) is 17.8 Å². The number of aliphatic hydroxyl groups is 1.